The van der Waals surface area contributed by atoms with Gasteiger partial charge in [-0.05, 0) is 19.8 Å². The average Bonchev–Trinajstić information content (AvgIpc) is 2.33. The first-order valence-corrected chi connectivity index (χ1v) is 4.59. The van der Waals surface area contributed by atoms with Crippen LogP contribution in [0, 0.1) is 12.3 Å². The van der Waals surface area contributed by atoms with E-state index in [1.54, 1.807) is 0 Å². The van der Waals surface area contributed by atoms with Gasteiger partial charge in [-0.2, -0.15) is 0 Å². The molecule has 0 aliphatic carbocycles. The van der Waals surface area contributed by atoms with Gasteiger partial charge in [0.2, 0.25) is 0 Å². The fourth-order valence-corrected chi connectivity index (χ4v) is 1.28. The summed E-state index contributed by atoms with van der Waals surface area (Å²) in [6, 6.07) is 0.113. The summed E-state index contributed by atoms with van der Waals surface area (Å²) in [5.41, 5.74) is 0. The second-order valence-electron chi connectivity index (χ2n) is 3.17. The minimum atomic E-state index is 0.113. The molecule has 0 radical (unpaired) electrons. The summed E-state index contributed by atoms with van der Waals surface area (Å²) in [4.78, 5) is 4.42. The Kier molecular flexibility index (Phi) is 3.66. The van der Waals surface area contributed by atoms with Crippen molar-refractivity contribution >= 4 is 5.84 Å². The summed E-state index contributed by atoms with van der Waals surface area (Å²) in [6.07, 6.45) is 10.1. The molecule has 0 aromatic carbocycles. The molecule has 1 rings (SSSR count). The van der Waals surface area contributed by atoms with Gasteiger partial charge in [-0.25, -0.2) is 0 Å². The zero-order chi connectivity index (χ0) is 8.81. The van der Waals surface area contributed by atoms with Crippen LogP contribution in [0.15, 0.2) is 4.99 Å². The molecule has 66 valence electrons. The largest absolute Gasteiger partial charge is 0.361 e. The molecular formula is C10H16N2. The molecule has 2 heteroatoms. The fourth-order valence-electron chi connectivity index (χ4n) is 1.28. The lowest BCUT2D eigenvalue weighted by atomic mass is 10.2. The third kappa shape index (κ3) is 2.96. The van der Waals surface area contributed by atoms with Crippen LogP contribution in [0.2, 0.25) is 0 Å². The van der Waals surface area contributed by atoms with E-state index < -0.39 is 0 Å². The number of aliphatic imine (C=N–C) groups is 1. The van der Waals surface area contributed by atoms with Gasteiger partial charge in [0, 0.05) is 13.0 Å². The first kappa shape index (κ1) is 9.12. The van der Waals surface area contributed by atoms with E-state index >= 15 is 0 Å². The molecule has 0 amide bonds. The van der Waals surface area contributed by atoms with Gasteiger partial charge in [0.05, 0.1) is 11.9 Å². The van der Waals surface area contributed by atoms with Crippen LogP contribution in [0.1, 0.15) is 32.6 Å². The number of nitrogens with zero attached hydrogens (tertiary/aromatic N) is 1. The van der Waals surface area contributed by atoms with E-state index in [-0.39, 0.29) is 6.04 Å². The molecule has 1 aliphatic rings. The first-order valence-electron chi connectivity index (χ1n) is 4.59. The average molecular weight is 164 g/mol. The minimum absolute atomic E-state index is 0.113. The van der Waals surface area contributed by atoms with Crippen molar-refractivity contribution in [2.75, 3.05) is 6.54 Å². The maximum atomic E-state index is 5.26. The van der Waals surface area contributed by atoms with Crippen molar-refractivity contribution in [3.8, 4) is 12.3 Å². The Hall–Kier alpha value is -0.970. The van der Waals surface area contributed by atoms with E-state index in [1.807, 2.05) is 6.92 Å². The van der Waals surface area contributed by atoms with Crippen molar-refractivity contribution in [3.05, 3.63) is 0 Å². The highest BCUT2D eigenvalue weighted by molar-refractivity contribution is 5.82. The van der Waals surface area contributed by atoms with Crippen molar-refractivity contribution in [2.24, 2.45) is 4.99 Å². The maximum absolute atomic E-state index is 5.26. The van der Waals surface area contributed by atoms with Crippen molar-refractivity contribution < 1.29 is 0 Å². The first-order chi connectivity index (χ1) is 5.83. The topological polar surface area (TPSA) is 24.4 Å². The Morgan fingerprint density at radius 3 is 3.08 bits per heavy atom. The highest BCUT2D eigenvalue weighted by Crippen LogP contribution is 2.06. The van der Waals surface area contributed by atoms with E-state index in [0.717, 1.165) is 18.8 Å². The van der Waals surface area contributed by atoms with E-state index in [4.69, 9.17) is 6.42 Å². The molecular weight excluding hydrogens is 148 g/mol. The molecule has 0 aromatic rings. The zero-order valence-corrected chi connectivity index (χ0v) is 7.64. The predicted molar refractivity (Wildman–Crippen MR) is 52.2 cm³/mol. The van der Waals surface area contributed by atoms with Gasteiger partial charge < -0.3 is 5.32 Å². The van der Waals surface area contributed by atoms with Gasteiger partial charge in [-0.3, -0.25) is 4.99 Å². The Bertz CT molecular complexity index is 200. The normalized spacial score (nSPS) is 20.2. The number of nitrogens with one attached hydrogen (secondary N) is 1. The second kappa shape index (κ2) is 4.82. The predicted octanol–water partition coefficient (Wildman–Crippen LogP) is 1.57. The standard InChI is InChI=1S/C10H16N2/c1-3-9(2)12-10-7-5-4-6-8-11-10/h1,9H,4-8H2,2H3,(H,11,12). The van der Waals surface area contributed by atoms with Gasteiger partial charge in [-0.1, -0.05) is 12.3 Å². The molecule has 0 bridgehead atoms. The van der Waals surface area contributed by atoms with Crippen LogP contribution >= 0.6 is 0 Å². The zero-order valence-electron chi connectivity index (χ0n) is 7.64. The number of hydrogen-bond acceptors (Lipinski definition) is 2. The molecule has 1 unspecified atom stereocenters. The number of amidine groups is 1. The van der Waals surface area contributed by atoms with Crippen LogP contribution in [0.25, 0.3) is 0 Å². The monoisotopic (exact) mass is 164 g/mol. The Morgan fingerprint density at radius 2 is 2.33 bits per heavy atom. The lowest BCUT2D eigenvalue weighted by Crippen LogP contribution is -2.31. The molecule has 12 heavy (non-hydrogen) atoms. The third-order valence-electron chi connectivity index (χ3n) is 2.01. The molecule has 0 saturated heterocycles. The van der Waals surface area contributed by atoms with E-state index in [0.29, 0.717) is 0 Å². The summed E-state index contributed by atoms with van der Waals surface area (Å²) < 4.78 is 0. The van der Waals surface area contributed by atoms with E-state index in [9.17, 15) is 0 Å². The molecule has 0 spiro atoms. The molecule has 2 nitrogen and oxygen atoms in total. The maximum Gasteiger partial charge on any atom is 0.0972 e. The van der Waals surface area contributed by atoms with Crippen LogP contribution in [-0.4, -0.2) is 18.4 Å². The van der Waals surface area contributed by atoms with Gasteiger partial charge in [-0.15, -0.1) is 6.42 Å². The van der Waals surface area contributed by atoms with Crippen LogP contribution in [0.4, 0.5) is 0 Å². The summed E-state index contributed by atoms with van der Waals surface area (Å²) in [5, 5.41) is 3.22. The lowest BCUT2D eigenvalue weighted by molar-refractivity contribution is 0.726. The summed E-state index contributed by atoms with van der Waals surface area (Å²) in [7, 11) is 0. The Morgan fingerprint density at radius 1 is 1.50 bits per heavy atom. The molecule has 1 aliphatic heterocycles. The number of rotatable bonds is 1. The summed E-state index contributed by atoms with van der Waals surface area (Å²) in [6.45, 7) is 2.94. The van der Waals surface area contributed by atoms with Crippen LogP contribution in [0.5, 0.6) is 0 Å². The van der Waals surface area contributed by atoms with Gasteiger partial charge in [0.25, 0.3) is 0 Å². The highest BCUT2D eigenvalue weighted by atomic mass is 15.0. The quantitative estimate of drug-likeness (QED) is 0.584. The van der Waals surface area contributed by atoms with Crippen molar-refractivity contribution in [2.45, 2.75) is 38.6 Å². The lowest BCUT2D eigenvalue weighted by Gasteiger charge is -2.10. The molecule has 0 aromatic heterocycles. The van der Waals surface area contributed by atoms with Crippen LogP contribution < -0.4 is 5.32 Å². The second-order valence-corrected chi connectivity index (χ2v) is 3.17. The molecule has 1 N–H and O–H groups in total. The van der Waals surface area contributed by atoms with Crippen molar-refractivity contribution in [1.29, 1.82) is 0 Å². The third-order valence-corrected chi connectivity index (χ3v) is 2.01. The van der Waals surface area contributed by atoms with Crippen LogP contribution in [-0.2, 0) is 0 Å². The Balaban J connectivity index is 2.39. The molecule has 0 saturated carbocycles. The smallest absolute Gasteiger partial charge is 0.0972 e. The molecule has 1 atom stereocenters. The molecule has 0 fully saturated rings. The van der Waals surface area contributed by atoms with E-state index in [2.05, 4.69) is 16.2 Å². The number of terminal acetylenes is 1. The van der Waals surface area contributed by atoms with Crippen LogP contribution in [0.3, 0.4) is 0 Å². The minimum Gasteiger partial charge on any atom is -0.361 e. The molecule has 1 heterocycles. The fraction of sp³-hybridized carbons (Fsp3) is 0.700. The van der Waals surface area contributed by atoms with Crippen molar-refractivity contribution in [3.63, 3.8) is 0 Å². The summed E-state index contributed by atoms with van der Waals surface area (Å²) in [5.74, 6) is 3.74. The van der Waals surface area contributed by atoms with Gasteiger partial charge >= 0.3 is 0 Å². The Labute approximate surface area is 74.5 Å². The summed E-state index contributed by atoms with van der Waals surface area (Å²) >= 11 is 0. The van der Waals surface area contributed by atoms with Gasteiger partial charge in [0.1, 0.15) is 0 Å². The van der Waals surface area contributed by atoms with E-state index in [1.165, 1.54) is 19.3 Å². The SMILES string of the molecule is C#CC(C)NC1=NCCCCC1. The van der Waals surface area contributed by atoms with Crippen molar-refractivity contribution in [1.82, 2.24) is 5.32 Å². The number of hydrogen-bond donors (Lipinski definition) is 1. The highest BCUT2D eigenvalue weighted by Gasteiger charge is 2.05. The van der Waals surface area contributed by atoms with Gasteiger partial charge in [0.15, 0.2) is 0 Å².